The Kier molecular flexibility index (Phi) is 5.85. The number of aromatic nitrogens is 1. The van der Waals surface area contributed by atoms with Gasteiger partial charge in [-0.1, -0.05) is 24.3 Å². The predicted octanol–water partition coefficient (Wildman–Crippen LogP) is 5.06. The summed E-state index contributed by atoms with van der Waals surface area (Å²) in [7, 11) is 1.52. The zero-order chi connectivity index (χ0) is 22.7. The van der Waals surface area contributed by atoms with E-state index in [0.717, 1.165) is 0 Å². The van der Waals surface area contributed by atoms with Gasteiger partial charge in [-0.05, 0) is 48.0 Å². The predicted molar refractivity (Wildman–Crippen MR) is 118 cm³/mol. The molecule has 0 fully saturated rings. The standard InChI is InChI=1S/C24H18F2N2O4/c1-31-16-9-6-14(7-10-16)18-12-15(8-11-21(18)32-24(25)26)28-23(30)19-13-27-20-5-3-2-4-17(20)22(19)29/h2-13,24H,1H3,(H,27,29)(H,28,30). The van der Waals surface area contributed by atoms with Gasteiger partial charge in [0.25, 0.3) is 5.91 Å². The van der Waals surface area contributed by atoms with Gasteiger partial charge in [0.2, 0.25) is 5.43 Å². The number of amides is 1. The minimum absolute atomic E-state index is 0.0493. The van der Waals surface area contributed by atoms with Crippen LogP contribution in [-0.4, -0.2) is 24.6 Å². The number of anilines is 1. The molecule has 2 N–H and O–H groups in total. The van der Waals surface area contributed by atoms with Crippen molar-refractivity contribution in [2.24, 2.45) is 0 Å². The molecule has 4 rings (SSSR count). The van der Waals surface area contributed by atoms with Gasteiger partial charge in [-0.15, -0.1) is 0 Å². The van der Waals surface area contributed by atoms with Crippen molar-refractivity contribution >= 4 is 22.5 Å². The lowest BCUT2D eigenvalue weighted by Gasteiger charge is -2.14. The van der Waals surface area contributed by atoms with Gasteiger partial charge >= 0.3 is 6.61 Å². The van der Waals surface area contributed by atoms with Crippen molar-refractivity contribution in [3.05, 3.63) is 88.7 Å². The van der Waals surface area contributed by atoms with E-state index in [2.05, 4.69) is 15.0 Å². The van der Waals surface area contributed by atoms with E-state index in [1.165, 1.54) is 31.5 Å². The van der Waals surface area contributed by atoms with Crippen molar-refractivity contribution in [3.8, 4) is 22.6 Å². The van der Waals surface area contributed by atoms with E-state index in [1.54, 1.807) is 48.5 Å². The molecule has 3 aromatic carbocycles. The van der Waals surface area contributed by atoms with Crippen LogP contribution in [0.3, 0.4) is 0 Å². The largest absolute Gasteiger partial charge is 0.497 e. The third kappa shape index (κ3) is 4.29. The molecule has 4 aromatic rings. The van der Waals surface area contributed by atoms with Gasteiger partial charge in [0.15, 0.2) is 0 Å². The highest BCUT2D eigenvalue weighted by Crippen LogP contribution is 2.34. The van der Waals surface area contributed by atoms with Crippen LogP contribution in [0, 0.1) is 0 Å². The maximum Gasteiger partial charge on any atom is 0.387 e. The van der Waals surface area contributed by atoms with E-state index in [9.17, 15) is 18.4 Å². The Morgan fingerprint density at radius 2 is 1.78 bits per heavy atom. The van der Waals surface area contributed by atoms with Gasteiger partial charge in [0.1, 0.15) is 17.1 Å². The summed E-state index contributed by atoms with van der Waals surface area (Å²) >= 11 is 0. The fourth-order valence-electron chi connectivity index (χ4n) is 3.34. The molecule has 0 aliphatic heterocycles. The molecule has 8 heteroatoms. The molecule has 32 heavy (non-hydrogen) atoms. The fourth-order valence-corrected chi connectivity index (χ4v) is 3.34. The minimum Gasteiger partial charge on any atom is -0.497 e. The Balaban J connectivity index is 1.68. The maximum absolute atomic E-state index is 12.9. The van der Waals surface area contributed by atoms with Crippen LogP contribution in [0.2, 0.25) is 0 Å². The second-order valence-corrected chi connectivity index (χ2v) is 6.85. The van der Waals surface area contributed by atoms with Gasteiger partial charge in [-0.25, -0.2) is 0 Å². The van der Waals surface area contributed by atoms with Crippen molar-refractivity contribution in [1.82, 2.24) is 4.98 Å². The van der Waals surface area contributed by atoms with Crippen molar-refractivity contribution in [3.63, 3.8) is 0 Å². The van der Waals surface area contributed by atoms with Crippen LogP contribution >= 0.6 is 0 Å². The first-order valence-electron chi connectivity index (χ1n) is 9.61. The quantitative estimate of drug-likeness (QED) is 0.443. The second kappa shape index (κ2) is 8.89. The SMILES string of the molecule is COc1ccc(-c2cc(NC(=O)c3c[nH]c4ccccc4c3=O)ccc2OC(F)F)cc1. The molecule has 0 spiro atoms. The van der Waals surface area contributed by atoms with Crippen LogP contribution in [-0.2, 0) is 0 Å². The van der Waals surface area contributed by atoms with E-state index in [1.807, 2.05) is 0 Å². The van der Waals surface area contributed by atoms with Crippen LogP contribution < -0.4 is 20.2 Å². The average molecular weight is 436 g/mol. The number of methoxy groups -OCH3 is 1. The summed E-state index contributed by atoms with van der Waals surface area (Å²) in [6.07, 6.45) is 1.35. The molecular weight excluding hydrogens is 418 g/mol. The highest BCUT2D eigenvalue weighted by molar-refractivity contribution is 6.06. The summed E-state index contributed by atoms with van der Waals surface area (Å²) in [5, 5.41) is 3.04. The van der Waals surface area contributed by atoms with Gasteiger partial charge in [-0.2, -0.15) is 8.78 Å². The number of ether oxygens (including phenoxy) is 2. The Hall–Kier alpha value is -4.20. The molecule has 0 unspecified atom stereocenters. The minimum atomic E-state index is -3.01. The molecule has 1 aromatic heterocycles. The number of hydrogen-bond acceptors (Lipinski definition) is 4. The van der Waals surface area contributed by atoms with Crippen molar-refractivity contribution in [1.29, 1.82) is 0 Å². The Morgan fingerprint density at radius 3 is 2.50 bits per heavy atom. The van der Waals surface area contributed by atoms with Crippen LogP contribution in [0.25, 0.3) is 22.0 Å². The van der Waals surface area contributed by atoms with Crippen molar-refractivity contribution in [2.75, 3.05) is 12.4 Å². The number of para-hydroxylation sites is 1. The number of carbonyl (C=O) groups is 1. The molecule has 6 nitrogen and oxygen atoms in total. The van der Waals surface area contributed by atoms with E-state index in [4.69, 9.17) is 4.74 Å². The highest BCUT2D eigenvalue weighted by atomic mass is 19.3. The zero-order valence-electron chi connectivity index (χ0n) is 16.9. The number of alkyl halides is 2. The molecule has 1 amide bonds. The number of carbonyl (C=O) groups excluding carboxylic acids is 1. The molecule has 162 valence electrons. The van der Waals surface area contributed by atoms with Crippen molar-refractivity contribution < 1.29 is 23.0 Å². The smallest absolute Gasteiger partial charge is 0.387 e. The molecular formula is C24H18F2N2O4. The van der Waals surface area contributed by atoms with E-state index in [0.29, 0.717) is 33.5 Å². The third-order valence-corrected chi connectivity index (χ3v) is 4.89. The number of fused-ring (bicyclic) bond motifs is 1. The lowest BCUT2D eigenvalue weighted by atomic mass is 10.0. The van der Waals surface area contributed by atoms with Gasteiger partial charge < -0.3 is 19.8 Å². The van der Waals surface area contributed by atoms with E-state index in [-0.39, 0.29) is 11.3 Å². The summed E-state index contributed by atoms with van der Waals surface area (Å²) in [6.45, 7) is -3.01. The average Bonchev–Trinajstić information content (AvgIpc) is 2.80. The fraction of sp³-hybridized carbons (Fsp3) is 0.0833. The highest BCUT2D eigenvalue weighted by Gasteiger charge is 2.16. The Labute approximate surface area is 181 Å². The number of rotatable bonds is 6. The first-order chi connectivity index (χ1) is 15.5. The molecule has 0 saturated carbocycles. The number of H-pyrrole nitrogens is 1. The van der Waals surface area contributed by atoms with E-state index < -0.39 is 17.9 Å². The Morgan fingerprint density at radius 1 is 1.03 bits per heavy atom. The molecule has 0 bridgehead atoms. The van der Waals surface area contributed by atoms with Gasteiger partial charge in [0.05, 0.1) is 7.11 Å². The second-order valence-electron chi connectivity index (χ2n) is 6.85. The summed E-state index contributed by atoms with van der Waals surface area (Å²) in [4.78, 5) is 28.4. The first kappa shape index (κ1) is 21.0. The first-order valence-corrected chi connectivity index (χ1v) is 9.61. The van der Waals surface area contributed by atoms with Crippen molar-refractivity contribution in [2.45, 2.75) is 6.61 Å². The normalized spacial score (nSPS) is 10.9. The van der Waals surface area contributed by atoms with Gasteiger partial charge in [0, 0.05) is 28.4 Å². The molecule has 0 saturated heterocycles. The number of halogens is 2. The number of pyridine rings is 1. The van der Waals surface area contributed by atoms with Crippen LogP contribution in [0.4, 0.5) is 14.5 Å². The lowest BCUT2D eigenvalue weighted by molar-refractivity contribution is -0.0494. The third-order valence-electron chi connectivity index (χ3n) is 4.89. The lowest BCUT2D eigenvalue weighted by Crippen LogP contribution is -2.22. The van der Waals surface area contributed by atoms with E-state index >= 15 is 0 Å². The Bertz CT molecular complexity index is 1330. The topological polar surface area (TPSA) is 80.4 Å². The zero-order valence-corrected chi connectivity index (χ0v) is 16.9. The number of benzene rings is 3. The monoisotopic (exact) mass is 436 g/mol. The molecule has 0 atom stereocenters. The number of hydrogen-bond donors (Lipinski definition) is 2. The van der Waals surface area contributed by atoms with Crippen LogP contribution in [0.15, 0.2) is 77.7 Å². The number of nitrogens with one attached hydrogen (secondary N) is 2. The summed E-state index contributed by atoms with van der Waals surface area (Å²) < 4.78 is 35.5. The van der Waals surface area contributed by atoms with Crippen LogP contribution in [0.5, 0.6) is 11.5 Å². The summed E-state index contributed by atoms with van der Waals surface area (Å²) in [5.41, 5.74) is 1.38. The van der Waals surface area contributed by atoms with Crippen LogP contribution in [0.1, 0.15) is 10.4 Å². The summed E-state index contributed by atoms with van der Waals surface area (Å²) in [6, 6.07) is 17.9. The maximum atomic E-state index is 12.9. The summed E-state index contributed by atoms with van der Waals surface area (Å²) in [5.74, 6) is -0.0722. The molecule has 1 heterocycles. The number of aromatic amines is 1. The molecule has 0 aliphatic rings. The molecule has 0 aliphatic carbocycles. The molecule has 0 radical (unpaired) electrons. The van der Waals surface area contributed by atoms with Gasteiger partial charge in [-0.3, -0.25) is 9.59 Å².